The molecule has 4 aliphatic heterocycles. The van der Waals surface area contributed by atoms with E-state index in [0.717, 1.165) is 0 Å². The number of carbonyl (C=O) groups is 4. The van der Waals surface area contributed by atoms with Gasteiger partial charge in [0.25, 0.3) is 0 Å². The SMILES string of the molecule is O=C1[C@@H]2[C@H]3C=C[C@@H]([C@@H]2C(=O)N1CN1CCOCC1)[C@H]1[C@H]2C(=O)N(CN4CCOCC4)C(=O)[C@@H]2[C@H]31. The molecule has 0 aromatic rings. The van der Waals surface area contributed by atoms with E-state index in [1.807, 2.05) is 0 Å². The van der Waals surface area contributed by atoms with Crippen LogP contribution >= 0.6 is 0 Å². The fourth-order valence-electron chi connectivity index (χ4n) is 7.89. The fourth-order valence-corrected chi connectivity index (χ4v) is 7.89. The highest BCUT2D eigenvalue weighted by Crippen LogP contribution is 2.68. The Labute approximate surface area is 197 Å². The van der Waals surface area contributed by atoms with E-state index in [0.29, 0.717) is 65.9 Å². The second kappa shape index (κ2) is 7.68. The molecule has 2 saturated carbocycles. The highest BCUT2D eigenvalue weighted by atomic mass is 16.5. The summed E-state index contributed by atoms with van der Waals surface area (Å²) in [5.41, 5.74) is 0. The summed E-state index contributed by atoms with van der Waals surface area (Å²) in [4.78, 5) is 60.8. The lowest BCUT2D eigenvalue weighted by Gasteiger charge is -2.60. The molecule has 0 aromatic carbocycles. The van der Waals surface area contributed by atoms with Crippen molar-refractivity contribution in [3.8, 4) is 0 Å². The molecule has 0 unspecified atom stereocenters. The Morgan fingerprint density at radius 1 is 0.588 bits per heavy atom. The molecular weight excluding hydrogens is 440 g/mol. The summed E-state index contributed by atoms with van der Waals surface area (Å²) in [5.74, 6) is -2.25. The lowest BCUT2D eigenvalue weighted by molar-refractivity contribution is -0.166. The molecule has 8 atom stereocenters. The number of nitrogens with zero attached hydrogens (tertiary/aromatic N) is 4. The molecule has 4 saturated heterocycles. The van der Waals surface area contributed by atoms with E-state index in [9.17, 15) is 19.2 Å². The van der Waals surface area contributed by atoms with Gasteiger partial charge in [-0.15, -0.1) is 0 Å². The van der Waals surface area contributed by atoms with Crippen molar-refractivity contribution in [3.05, 3.63) is 12.2 Å². The van der Waals surface area contributed by atoms with Crippen LogP contribution < -0.4 is 0 Å². The molecule has 10 nitrogen and oxygen atoms in total. The van der Waals surface area contributed by atoms with Crippen molar-refractivity contribution in [3.63, 3.8) is 0 Å². The van der Waals surface area contributed by atoms with Gasteiger partial charge in [0.05, 0.1) is 63.4 Å². The fraction of sp³-hybridized carbons (Fsp3) is 0.750. The third-order valence-electron chi connectivity index (χ3n) is 9.42. The normalized spacial score (nSPS) is 43.9. The van der Waals surface area contributed by atoms with Crippen LogP contribution in [0, 0.1) is 47.3 Å². The molecule has 182 valence electrons. The van der Waals surface area contributed by atoms with Gasteiger partial charge in [-0.1, -0.05) is 12.2 Å². The van der Waals surface area contributed by atoms with E-state index in [-0.39, 0.29) is 59.1 Å². The van der Waals surface area contributed by atoms with Crippen LogP contribution in [-0.4, -0.2) is 109 Å². The van der Waals surface area contributed by atoms with Crippen LogP contribution in [0.15, 0.2) is 12.2 Å². The molecule has 34 heavy (non-hydrogen) atoms. The van der Waals surface area contributed by atoms with Gasteiger partial charge >= 0.3 is 0 Å². The zero-order valence-electron chi connectivity index (χ0n) is 19.1. The molecule has 8 aliphatic rings. The van der Waals surface area contributed by atoms with Crippen molar-refractivity contribution in [1.29, 1.82) is 0 Å². The minimum absolute atomic E-state index is 0.0209. The quantitative estimate of drug-likeness (QED) is 0.375. The predicted octanol–water partition coefficient (Wildman–Crippen LogP) is -1.17. The maximum absolute atomic E-state index is 13.5. The number of fused-ring (bicyclic) bond motifs is 1. The van der Waals surface area contributed by atoms with Crippen molar-refractivity contribution < 1.29 is 28.7 Å². The van der Waals surface area contributed by atoms with Gasteiger partial charge in [0.15, 0.2) is 0 Å². The van der Waals surface area contributed by atoms with E-state index < -0.39 is 11.8 Å². The van der Waals surface area contributed by atoms with Gasteiger partial charge < -0.3 is 9.47 Å². The standard InChI is InChI=1S/C24H30N4O6/c29-21-17-13-1-2-14(18(17)22(30)27(21)11-25-3-7-33-8-4-25)16-15(13)19-20(16)24(32)28(23(19)31)12-26-5-9-34-10-6-26/h1-2,13-20H,3-12H2/t13-,14+,15-,16-,17+,18-,19-,20-/m1/s1. The van der Waals surface area contributed by atoms with E-state index >= 15 is 0 Å². The Bertz CT molecular complexity index is 917. The molecule has 0 aromatic heterocycles. The van der Waals surface area contributed by atoms with Gasteiger partial charge in [0, 0.05) is 26.2 Å². The van der Waals surface area contributed by atoms with Crippen LogP contribution in [0.4, 0.5) is 0 Å². The largest absolute Gasteiger partial charge is 0.379 e. The van der Waals surface area contributed by atoms with Crippen molar-refractivity contribution in [1.82, 2.24) is 19.6 Å². The topological polar surface area (TPSA) is 99.7 Å². The third kappa shape index (κ3) is 2.76. The van der Waals surface area contributed by atoms with Gasteiger partial charge in [-0.2, -0.15) is 0 Å². The zero-order chi connectivity index (χ0) is 23.1. The van der Waals surface area contributed by atoms with Crippen LogP contribution in [0.2, 0.25) is 0 Å². The summed E-state index contributed by atoms with van der Waals surface area (Å²) in [6.07, 6.45) is 4.13. The third-order valence-corrected chi connectivity index (χ3v) is 9.42. The first-order valence-corrected chi connectivity index (χ1v) is 12.6. The van der Waals surface area contributed by atoms with Gasteiger partial charge in [-0.05, 0) is 23.7 Å². The first-order valence-electron chi connectivity index (χ1n) is 12.6. The zero-order valence-corrected chi connectivity index (χ0v) is 19.1. The van der Waals surface area contributed by atoms with E-state index in [2.05, 4.69) is 22.0 Å². The smallest absolute Gasteiger partial charge is 0.234 e. The van der Waals surface area contributed by atoms with Crippen LogP contribution in [0.3, 0.4) is 0 Å². The summed E-state index contributed by atoms with van der Waals surface area (Å²) < 4.78 is 10.8. The summed E-state index contributed by atoms with van der Waals surface area (Å²) in [6.45, 7) is 5.87. The number of hydrogen-bond donors (Lipinski definition) is 0. The number of imide groups is 2. The second-order valence-corrected chi connectivity index (χ2v) is 10.8. The molecule has 0 N–H and O–H groups in total. The molecule has 2 bridgehead atoms. The maximum atomic E-state index is 13.5. The molecule has 4 amide bonds. The molecule has 4 aliphatic carbocycles. The number of carbonyl (C=O) groups excluding carboxylic acids is 4. The number of amides is 4. The Morgan fingerprint density at radius 3 is 1.32 bits per heavy atom. The van der Waals surface area contributed by atoms with Crippen molar-refractivity contribution in [2.24, 2.45) is 47.3 Å². The summed E-state index contributed by atoms with van der Waals surface area (Å²) in [7, 11) is 0. The Morgan fingerprint density at radius 2 is 0.941 bits per heavy atom. The number of rotatable bonds is 4. The number of hydrogen-bond acceptors (Lipinski definition) is 8. The molecular formula is C24H30N4O6. The van der Waals surface area contributed by atoms with Crippen LogP contribution in [0.25, 0.3) is 0 Å². The van der Waals surface area contributed by atoms with Crippen LogP contribution in [0.5, 0.6) is 0 Å². The Hall–Kier alpha value is -2.14. The number of likely N-dealkylation sites (tertiary alicyclic amines) is 2. The molecule has 4 heterocycles. The van der Waals surface area contributed by atoms with E-state index in [4.69, 9.17) is 9.47 Å². The highest BCUT2D eigenvalue weighted by Gasteiger charge is 2.75. The molecule has 6 fully saturated rings. The lowest BCUT2D eigenvalue weighted by Crippen LogP contribution is -2.63. The number of morpholine rings is 2. The second-order valence-electron chi connectivity index (χ2n) is 10.8. The monoisotopic (exact) mass is 470 g/mol. The van der Waals surface area contributed by atoms with Gasteiger partial charge in [0.2, 0.25) is 23.6 Å². The average molecular weight is 471 g/mol. The summed E-state index contributed by atoms with van der Waals surface area (Å²) >= 11 is 0. The van der Waals surface area contributed by atoms with E-state index in [1.165, 1.54) is 9.80 Å². The van der Waals surface area contributed by atoms with Gasteiger partial charge in [-0.25, -0.2) is 0 Å². The maximum Gasteiger partial charge on any atom is 0.234 e. The Kier molecular flexibility index (Phi) is 4.78. The average Bonchev–Trinajstić information content (AvgIpc) is 3.21. The van der Waals surface area contributed by atoms with Crippen molar-refractivity contribution >= 4 is 23.6 Å². The highest BCUT2D eigenvalue weighted by molar-refractivity contribution is 6.09. The summed E-state index contributed by atoms with van der Waals surface area (Å²) in [6, 6.07) is 0. The lowest BCUT2D eigenvalue weighted by atomic mass is 9.40. The van der Waals surface area contributed by atoms with E-state index in [1.54, 1.807) is 0 Å². The van der Waals surface area contributed by atoms with Crippen LogP contribution in [-0.2, 0) is 28.7 Å². The molecule has 0 radical (unpaired) electrons. The number of ether oxygens (including phenoxy) is 2. The van der Waals surface area contributed by atoms with Crippen molar-refractivity contribution in [2.75, 3.05) is 65.9 Å². The minimum Gasteiger partial charge on any atom is -0.379 e. The Balaban J connectivity index is 1.13. The minimum atomic E-state index is -0.401. The number of allylic oxidation sites excluding steroid dienone is 2. The molecule has 0 spiro atoms. The first kappa shape index (κ1) is 21.2. The van der Waals surface area contributed by atoms with Gasteiger partial charge in [-0.3, -0.25) is 38.8 Å². The summed E-state index contributed by atoms with van der Waals surface area (Å²) in [5, 5.41) is 0. The van der Waals surface area contributed by atoms with Gasteiger partial charge in [0.1, 0.15) is 0 Å². The molecule has 10 heteroatoms. The predicted molar refractivity (Wildman–Crippen MR) is 115 cm³/mol. The van der Waals surface area contributed by atoms with Crippen molar-refractivity contribution in [2.45, 2.75) is 0 Å². The van der Waals surface area contributed by atoms with Crippen LogP contribution in [0.1, 0.15) is 0 Å². The molecule has 8 rings (SSSR count). The first-order chi connectivity index (χ1) is 16.6.